The molecule has 2 aromatic heterocycles. The van der Waals surface area contributed by atoms with Gasteiger partial charge >= 0.3 is 0 Å². The van der Waals surface area contributed by atoms with Crippen LogP contribution in [0.4, 0.5) is 0 Å². The molecule has 3 nitrogen and oxygen atoms in total. The summed E-state index contributed by atoms with van der Waals surface area (Å²) in [5.74, 6) is 0.961. The van der Waals surface area contributed by atoms with Crippen molar-refractivity contribution in [3.8, 4) is 0 Å². The Morgan fingerprint density at radius 1 is 1.21 bits per heavy atom. The van der Waals surface area contributed by atoms with E-state index in [1.165, 1.54) is 0 Å². The fourth-order valence-corrected chi connectivity index (χ4v) is 2.84. The topological polar surface area (TPSA) is 38.1 Å². The molecule has 0 bridgehead atoms. The van der Waals surface area contributed by atoms with Crippen molar-refractivity contribution in [3.05, 3.63) is 52.7 Å². The highest BCUT2D eigenvalue weighted by atomic mass is 32.1. The van der Waals surface area contributed by atoms with Crippen molar-refractivity contribution in [2.24, 2.45) is 0 Å². The van der Waals surface area contributed by atoms with Gasteiger partial charge in [-0.15, -0.1) is 11.3 Å². The van der Waals surface area contributed by atoms with Crippen molar-refractivity contribution in [2.45, 2.75) is 25.9 Å². The van der Waals surface area contributed by atoms with Crippen molar-refractivity contribution in [1.29, 1.82) is 0 Å². The highest BCUT2D eigenvalue weighted by Crippen LogP contribution is 2.25. The Morgan fingerprint density at radius 3 is 2.79 bits per heavy atom. The first kappa shape index (κ1) is 12.4. The normalized spacial score (nSPS) is 14.6. The molecule has 4 heteroatoms. The summed E-state index contributed by atoms with van der Waals surface area (Å²) in [6.07, 6.45) is 0. The molecule has 0 aliphatic heterocycles. The number of hydrogen-bond acceptors (Lipinski definition) is 4. The van der Waals surface area contributed by atoms with Gasteiger partial charge in [0.2, 0.25) is 0 Å². The van der Waals surface area contributed by atoms with Gasteiger partial charge in [-0.1, -0.05) is 18.2 Å². The molecule has 0 radical (unpaired) electrons. The predicted octanol–water partition coefficient (Wildman–Crippen LogP) is 4.30. The lowest BCUT2D eigenvalue weighted by Gasteiger charge is -2.16. The average Bonchev–Trinajstić information content (AvgIpc) is 3.07. The summed E-state index contributed by atoms with van der Waals surface area (Å²) in [6, 6.07) is 10.6. The number of nitrogens with zero attached hydrogens (tertiary/aromatic N) is 1. The van der Waals surface area contributed by atoms with Crippen LogP contribution < -0.4 is 5.32 Å². The van der Waals surface area contributed by atoms with E-state index in [4.69, 9.17) is 4.42 Å². The van der Waals surface area contributed by atoms with Gasteiger partial charge in [0, 0.05) is 16.8 Å². The smallest absolute Gasteiger partial charge is 0.134 e. The van der Waals surface area contributed by atoms with Crippen molar-refractivity contribution in [2.75, 3.05) is 0 Å². The van der Waals surface area contributed by atoms with Crippen LogP contribution in [0.15, 0.2) is 45.6 Å². The first-order valence-electron chi connectivity index (χ1n) is 6.36. The largest absolute Gasteiger partial charge is 0.459 e. The summed E-state index contributed by atoms with van der Waals surface area (Å²) in [6.45, 7) is 4.23. The molecule has 98 valence electrons. The van der Waals surface area contributed by atoms with E-state index >= 15 is 0 Å². The van der Waals surface area contributed by atoms with Gasteiger partial charge in [0.25, 0.3) is 0 Å². The SMILES string of the molecule is CC(NC(C)c1cc2ccccc2o1)c1cscn1. The Labute approximate surface area is 116 Å². The van der Waals surface area contributed by atoms with Crippen molar-refractivity contribution >= 4 is 22.3 Å². The fraction of sp³-hybridized carbons (Fsp3) is 0.267. The monoisotopic (exact) mass is 272 g/mol. The lowest BCUT2D eigenvalue weighted by atomic mass is 10.2. The Bertz CT molecular complexity index is 627. The van der Waals surface area contributed by atoms with Gasteiger partial charge in [-0.3, -0.25) is 5.32 Å². The van der Waals surface area contributed by atoms with E-state index in [-0.39, 0.29) is 12.1 Å². The standard InChI is InChI=1S/C15H16N2OS/c1-10(13-8-19-9-16-13)17-11(2)15-7-12-5-3-4-6-14(12)18-15/h3-11,17H,1-2H3. The molecule has 0 saturated carbocycles. The van der Waals surface area contributed by atoms with Crippen molar-refractivity contribution in [1.82, 2.24) is 10.3 Å². The lowest BCUT2D eigenvalue weighted by Crippen LogP contribution is -2.22. The maximum atomic E-state index is 5.87. The summed E-state index contributed by atoms with van der Waals surface area (Å²) in [4.78, 5) is 4.33. The zero-order chi connectivity index (χ0) is 13.2. The van der Waals surface area contributed by atoms with Crippen LogP contribution in [0.5, 0.6) is 0 Å². The number of rotatable bonds is 4. The van der Waals surface area contributed by atoms with Crippen LogP contribution in [0.25, 0.3) is 11.0 Å². The first-order valence-corrected chi connectivity index (χ1v) is 7.31. The van der Waals surface area contributed by atoms with Crippen LogP contribution in [0.1, 0.15) is 37.4 Å². The van der Waals surface area contributed by atoms with Crippen molar-refractivity contribution in [3.63, 3.8) is 0 Å². The molecule has 2 atom stereocenters. The quantitative estimate of drug-likeness (QED) is 0.769. The number of nitrogens with one attached hydrogen (secondary N) is 1. The number of para-hydroxylation sites is 1. The molecule has 2 unspecified atom stereocenters. The van der Waals surface area contributed by atoms with Gasteiger partial charge in [0.05, 0.1) is 17.2 Å². The van der Waals surface area contributed by atoms with Gasteiger partial charge in [-0.2, -0.15) is 0 Å². The van der Waals surface area contributed by atoms with E-state index in [0.717, 1.165) is 22.4 Å². The van der Waals surface area contributed by atoms with Gasteiger partial charge in [0.15, 0.2) is 0 Å². The van der Waals surface area contributed by atoms with E-state index in [1.807, 2.05) is 23.7 Å². The summed E-state index contributed by atoms with van der Waals surface area (Å²) < 4.78 is 5.87. The van der Waals surface area contributed by atoms with E-state index in [0.29, 0.717) is 0 Å². The van der Waals surface area contributed by atoms with E-state index in [2.05, 4.69) is 41.7 Å². The number of hydrogen-bond donors (Lipinski definition) is 1. The number of thiazole rings is 1. The minimum absolute atomic E-state index is 0.157. The number of benzene rings is 1. The van der Waals surface area contributed by atoms with Gasteiger partial charge in [-0.05, 0) is 26.0 Å². The number of fused-ring (bicyclic) bond motifs is 1. The van der Waals surface area contributed by atoms with E-state index < -0.39 is 0 Å². The second kappa shape index (κ2) is 5.15. The third-order valence-electron chi connectivity index (χ3n) is 3.27. The molecule has 3 aromatic rings. The molecule has 0 aliphatic carbocycles. The zero-order valence-corrected chi connectivity index (χ0v) is 11.8. The van der Waals surface area contributed by atoms with Gasteiger partial charge < -0.3 is 4.42 Å². The van der Waals surface area contributed by atoms with Crippen LogP contribution in [-0.2, 0) is 0 Å². The predicted molar refractivity (Wildman–Crippen MR) is 78.3 cm³/mol. The highest BCUT2D eigenvalue weighted by Gasteiger charge is 2.15. The second-order valence-electron chi connectivity index (χ2n) is 4.71. The van der Waals surface area contributed by atoms with Crippen LogP contribution >= 0.6 is 11.3 Å². The number of aromatic nitrogens is 1. The third kappa shape index (κ3) is 2.55. The average molecular weight is 272 g/mol. The van der Waals surface area contributed by atoms with Crippen LogP contribution in [0.2, 0.25) is 0 Å². The minimum atomic E-state index is 0.157. The Hall–Kier alpha value is -1.65. The molecule has 19 heavy (non-hydrogen) atoms. The maximum Gasteiger partial charge on any atom is 0.134 e. The molecule has 1 aromatic carbocycles. The van der Waals surface area contributed by atoms with Gasteiger partial charge in [0.1, 0.15) is 11.3 Å². The first-order chi connectivity index (χ1) is 9.24. The molecular formula is C15H16N2OS. The Morgan fingerprint density at radius 2 is 2.05 bits per heavy atom. The fourth-order valence-electron chi connectivity index (χ4n) is 2.19. The molecular weight excluding hydrogens is 256 g/mol. The molecule has 0 spiro atoms. The molecule has 1 N–H and O–H groups in total. The Kier molecular flexibility index (Phi) is 3.36. The second-order valence-corrected chi connectivity index (χ2v) is 5.43. The summed E-state index contributed by atoms with van der Waals surface area (Å²) >= 11 is 1.62. The highest BCUT2D eigenvalue weighted by molar-refractivity contribution is 7.07. The van der Waals surface area contributed by atoms with E-state index in [1.54, 1.807) is 11.3 Å². The van der Waals surface area contributed by atoms with Crippen LogP contribution in [0.3, 0.4) is 0 Å². The summed E-state index contributed by atoms with van der Waals surface area (Å²) in [5, 5.41) is 6.73. The number of furan rings is 1. The van der Waals surface area contributed by atoms with Crippen LogP contribution in [-0.4, -0.2) is 4.98 Å². The zero-order valence-electron chi connectivity index (χ0n) is 11.0. The molecule has 0 amide bonds. The summed E-state index contributed by atoms with van der Waals surface area (Å²) in [5.41, 5.74) is 3.87. The minimum Gasteiger partial charge on any atom is -0.459 e. The molecule has 3 rings (SSSR count). The van der Waals surface area contributed by atoms with Gasteiger partial charge in [-0.25, -0.2) is 4.98 Å². The molecule has 0 saturated heterocycles. The molecule has 0 fully saturated rings. The Balaban J connectivity index is 1.78. The van der Waals surface area contributed by atoms with Crippen LogP contribution in [0, 0.1) is 0 Å². The van der Waals surface area contributed by atoms with Crippen molar-refractivity contribution < 1.29 is 4.42 Å². The summed E-state index contributed by atoms with van der Waals surface area (Å²) in [7, 11) is 0. The molecule has 0 aliphatic rings. The van der Waals surface area contributed by atoms with E-state index in [9.17, 15) is 0 Å². The molecule has 2 heterocycles. The lowest BCUT2D eigenvalue weighted by molar-refractivity contribution is 0.414. The third-order valence-corrected chi connectivity index (χ3v) is 3.87. The maximum absolute atomic E-state index is 5.87.